The molecule has 0 aliphatic carbocycles. The monoisotopic (exact) mass is 486 g/mol. The maximum Gasteiger partial charge on any atom is 0.417 e. The van der Waals surface area contributed by atoms with Gasteiger partial charge < -0.3 is 10.2 Å². The van der Waals surface area contributed by atoms with Crippen molar-refractivity contribution >= 4 is 17.5 Å². The first-order valence-electron chi connectivity index (χ1n) is 11.3. The molecule has 1 aliphatic heterocycles. The van der Waals surface area contributed by atoms with Crippen LogP contribution in [0, 0.1) is 0 Å². The van der Waals surface area contributed by atoms with Gasteiger partial charge in [-0.25, -0.2) is 0 Å². The van der Waals surface area contributed by atoms with Crippen LogP contribution in [0.4, 0.5) is 13.2 Å². The Morgan fingerprint density at radius 3 is 2.41 bits per heavy atom. The first kappa shape index (κ1) is 24.3. The van der Waals surface area contributed by atoms with Gasteiger partial charge in [-0.05, 0) is 61.3 Å². The van der Waals surface area contributed by atoms with E-state index in [1.165, 1.54) is 12.1 Å². The van der Waals surface area contributed by atoms with Gasteiger partial charge in [-0.15, -0.1) is 0 Å². The second-order valence-corrected chi connectivity index (χ2v) is 9.03. The standard InChI is InChI=1S/C27H26ClF3N2O/c1-33-16-6-5-15-23(33)25(20-12-7-11-19(17-20)18-9-3-2-4-10-18)32-26(34)21-13-8-14-22(24(21)28)27(29,30)31/h2-4,7-14,17,23,25H,5-6,15-16H2,1H3,(H,32,34)/t23-,25-/m0/s1. The SMILES string of the molecule is CN1CCCC[C@H]1[C@@H](NC(=O)c1cccc(C(F)(F)F)c1Cl)c1cccc(-c2ccccc2)c1. The van der Waals surface area contributed by atoms with Crippen molar-refractivity contribution in [2.75, 3.05) is 13.6 Å². The molecule has 0 spiro atoms. The molecule has 0 saturated carbocycles. The van der Waals surface area contributed by atoms with Gasteiger partial charge in [-0.3, -0.25) is 4.79 Å². The van der Waals surface area contributed by atoms with E-state index in [0.29, 0.717) is 0 Å². The number of nitrogens with one attached hydrogen (secondary N) is 1. The van der Waals surface area contributed by atoms with Crippen molar-refractivity contribution in [1.29, 1.82) is 0 Å². The molecule has 0 bridgehead atoms. The van der Waals surface area contributed by atoms with Crippen LogP contribution in [0.2, 0.25) is 5.02 Å². The van der Waals surface area contributed by atoms with Crippen molar-refractivity contribution in [3.8, 4) is 11.1 Å². The van der Waals surface area contributed by atoms with Crippen molar-refractivity contribution < 1.29 is 18.0 Å². The van der Waals surface area contributed by atoms with Crippen molar-refractivity contribution in [1.82, 2.24) is 10.2 Å². The summed E-state index contributed by atoms with van der Waals surface area (Å²) in [6.07, 6.45) is -1.69. The zero-order valence-electron chi connectivity index (χ0n) is 18.8. The summed E-state index contributed by atoms with van der Waals surface area (Å²) in [4.78, 5) is 15.5. The molecule has 1 fully saturated rings. The highest BCUT2D eigenvalue weighted by atomic mass is 35.5. The Labute approximate surface area is 202 Å². The maximum atomic E-state index is 13.3. The summed E-state index contributed by atoms with van der Waals surface area (Å²) in [5, 5.41) is 2.43. The second-order valence-electron chi connectivity index (χ2n) is 8.65. The van der Waals surface area contributed by atoms with Crippen molar-refractivity contribution in [2.24, 2.45) is 0 Å². The van der Waals surface area contributed by atoms with Gasteiger partial charge in [0.25, 0.3) is 5.91 Å². The Morgan fingerprint density at radius 1 is 1.00 bits per heavy atom. The lowest BCUT2D eigenvalue weighted by Gasteiger charge is -2.39. The van der Waals surface area contributed by atoms with Gasteiger partial charge in [-0.1, -0.05) is 72.6 Å². The first-order valence-corrected chi connectivity index (χ1v) is 11.7. The largest absolute Gasteiger partial charge is 0.417 e. The van der Waals surface area contributed by atoms with Crippen molar-refractivity contribution in [3.63, 3.8) is 0 Å². The van der Waals surface area contributed by atoms with E-state index >= 15 is 0 Å². The third-order valence-electron chi connectivity index (χ3n) is 6.40. The third kappa shape index (κ3) is 5.29. The Balaban J connectivity index is 1.71. The van der Waals surface area contributed by atoms with Gasteiger partial charge in [0.15, 0.2) is 0 Å². The molecule has 0 radical (unpaired) electrons. The molecule has 3 aromatic carbocycles. The average Bonchev–Trinajstić information content (AvgIpc) is 2.83. The maximum absolute atomic E-state index is 13.3. The van der Waals surface area contributed by atoms with Crippen LogP contribution in [-0.2, 0) is 6.18 Å². The van der Waals surface area contributed by atoms with E-state index in [-0.39, 0.29) is 11.6 Å². The Kier molecular flexibility index (Phi) is 7.29. The molecule has 1 aliphatic rings. The molecule has 1 amide bonds. The quantitative estimate of drug-likeness (QED) is 0.422. The number of amides is 1. The van der Waals surface area contributed by atoms with Crippen molar-refractivity contribution in [3.05, 3.63) is 94.5 Å². The van der Waals surface area contributed by atoms with Crippen molar-refractivity contribution in [2.45, 2.75) is 37.5 Å². The Bertz CT molecular complexity index is 1150. The summed E-state index contributed by atoms with van der Waals surface area (Å²) in [7, 11) is 2.02. The fourth-order valence-electron chi connectivity index (χ4n) is 4.61. The van der Waals surface area contributed by atoms with E-state index in [4.69, 9.17) is 11.6 Å². The van der Waals surface area contributed by atoms with Crippen LogP contribution in [0.1, 0.15) is 46.8 Å². The predicted octanol–water partition coefficient (Wildman–Crippen LogP) is 6.98. The highest BCUT2D eigenvalue weighted by molar-refractivity contribution is 6.34. The van der Waals surface area contributed by atoms with E-state index in [9.17, 15) is 18.0 Å². The molecule has 178 valence electrons. The number of likely N-dealkylation sites (N-methyl/N-ethyl adjacent to an activating group) is 1. The fraction of sp³-hybridized carbons (Fsp3) is 0.296. The van der Waals surface area contributed by atoms with Crippen LogP contribution >= 0.6 is 11.6 Å². The minimum atomic E-state index is -4.64. The lowest BCUT2D eigenvalue weighted by molar-refractivity contribution is -0.137. The van der Waals surface area contributed by atoms with E-state index in [0.717, 1.165) is 48.6 Å². The summed E-state index contributed by atoms with van der Waals surface area (Å²) >= 11 is 6.05. The molecular weight excluding hydrogens is 461 g/mol. The minimum absolute atomic E-state index is 0.00768. The second kappa shape index (κ2) is 10.2. The highest BCUT2D eigenvalue weighted by Gasteiger charge is 2.36. The molecule has 2 atom stereocenters. The molecule has 1 heterocycles. The normalized spacial score (nSPS) is 17.9. The number of piperidine rings is 1. The number of alkyl halides is 3. The first-order chi connectivity index (χ1) is 16.3. The molecule has 7 heteroatoms. The topological polar surface area (TPSA) is 32.3 Å². The number of rotatable bonds is 5. The Hall–Kier alpha value is -2.83. The summed E-state index contributed by atoms with van der Waals surface area (Å²) in [6.45, 7) is 0.889. The van der Waals surface area contributed by atoms with Gasteiger partial charge in [0.1, 0.15) is 0 Å². The van der Waals surface area contributed by atoms with Gasteiger partial charge in [0.05, 0.1) is 22.2 Å². The van der Waals surface area contributed by atoms with Gasteiger partial charge in [0, 0.05) is 6.04 Å². The van der Waals surface area contributed by atoms with Crippen LogP contribution in [0.15, 0.2) is 72.8 Å². The number of carbonyl (C=O) groups excluding carboxylic acids is 1. The van der Waals surface area contributed by atoms with Gasteiger partial charge in [-0.2, -0.15) is 13.2 Å². The zero-order chi connectivity index (χ0) is 24.3. The number of hydrogen-bond acceptors (Lipinski definition) is 2. The number of likely N-dealkylation sites (tertiary alicyclic amines) is 1. The number of halogens is 4. The fourth-order valence-corrected chi connectivity index (χ4v) is 4.93. The van der Waals surface area contributed by atoms with Gasteiger partial charge in [0.2, 0.25) is 0 Å². The zero-order valence-corrected chi connectivity index (χ0v) is 19.5. The third-order valence-corrected chi connectivity index (χ3v) is 6.81. The lowest BCUT2D eigenvalue weighted by Crippen LogP contribution is -2.47. The highest BCUT2D eigenvalue weighted by Crippen LogP contribution is 2.37. The predicted molar refractivity (Wildman–Crippen MR) is 129 cm³/mol. The molecule has 3 nitrogen and oxygen atoms in total. The molecule has 1 saturated heterocycles. The number of carbonyl (C=O) groups is 1. The summed E-state index contributed by atoms with van der Waals surface area (Å²) in [5.74, 6) is -0.620. The van der Waals surface area contributed by atoms with Crippen LogP contribution in [0.5, 0.6) is 0 Å². The summed E-state index contributed by atoms with van der Waals surface area (Å²) in [5.41, 5.74) is 1.76. The minimum Gasteiger partial charge on any atom is -0.344 e. The number of nitrogens with zero attached hydrogens (tertiary/aromatic N) is 1. The van der Waals surface area contributed by atoms with E-state index in [1.807, 2.05) is 61.6 Å². The Morgan fingerprint density at radius 2 is 1.71 bits per heavy atom. The molecule has 3 aromatic rings. The molecule has 34 heavy (non-hydrogen) atoms. The molecule has 1 N–H and O–H groups in total. The number of benzene rings is 3. The average molecular weight is 487 g/mol. The van der Waals surface area contributed by atoms with E-state index in [2.05, 4.69) is 10.2 Å². The van der Waals surface area contributed by atoms with Crippen LogP contribution in [-0.4, -0.2) is 30.4 Å². The molecular formula is C27H26ClF3N2O. The van der Waals surface area contributed by atoms with Crippen LogP contribution in [0.25, 0.3) is 11.1 Å². The molecule has 4 rings (SSSR count). The number of hydrogen-bond donors (Lipinski definition) is 1. The smallest absolute Gasteiger partial charge is 0.344 e. The summed E-state index contributed by atoms with van der Waals surface area (Å²) < 4.78 is 40.0. The van der Waals surface area contributed by atoms with Crippen LogP contribution in [0.3, 0.4) is 0 Å². The van der Waals surface area contributed by atoms with E-state index in [1.54, 1.807) is 0 Å². The molecule has 0 unspecified atom stereocenters. The van der Waals surface area contributed by atoms with E-state index < -0.39 is 28.7 Å². The molecule has 0 aromatic heterocycles. The van der Waals surface area contributed by atoms with Crippen LogP contribution < -0.4 is 5.32 Å². The van der Waals surface area contributed by atoms with Gasteiger partial charge >= 0.3 is 6.18 Å². The summed E-state index contributed by atoms with van der Waals surface area (Å²) in [6, 6.07) is 20.9. The lowest BCUT2D eigenvalue weighted by atomic mass is 9.89.